The van der Waals surface area contributed by atoms with Gasteiger partial charge in [-0.2, -0.15) is 5.26 Å². The molecule has 2 aromatic carbocycles. The summed E-state index contributed by atoms with van der Waals surface area (Å²) in [6.45, 7) is 6.33. The highest BCUT2D eigenvalue weighted by molar-refractivity contribution is 6.00. The molecule has 4 rings (SSSR count). The number of allylic oxidation sites excluding steroid dienone is 1. The van der Waals surface area contributed by atoms with Gasteiger partial charge in [-0.3, -0.25) is 4.99 Å². The quantitative estimate of drug-likeness (QED) is 0.646. The third kappa shape index (κ3) is 5.44. The minimum atomic E-state index is 0.272. The molecule has 1 aliphatic carbocycles. The first-order valence-corrected chi connectivity index (χ1v) is 11.7. The second-order valence-corrected chi connectivity index (χ2v) is 9.31. The molecule has 2 aromatic rings. The maximum Gasteiger partial charge on any atom is 0.121 e. The number of hydrogen-bond acceptors (Lipinski definition) is 3. The summed E-state index contributed by atoms with van der Waals surface area (Å²) < 4.78 is 0. The highest BCUT2D eigenvalue weighted by atomic mass is 15.0. The van der Waals surface area contributed by atoms with Crippen LogP contribution in [0.1, 0.15) is 67.2 Å². The van der Waals surface area contributed by atoms with Crippen molar-refractivity contribution in [2.45, 2.75) is 51.9 Å². The second-order valence-electron chi connectivity index (χ2n) is 9.31. The number of amidine groups is 1. The molecule has 0 amide bonds. The molecule has 1 aliphatic heterocycles. The Hall–Kier alpha value is -2.86. The first kappa shape index (κ1) is 21.4. The van der Waals surface area contributed by atoms with Crippen LogP contribution in [0.25, 0.3) is 5.57 Å². The van der Waals surface area contributed by atoms with Crippen molar-refractivity contribution in [3.05, 3.63) is 76.9 Å². The van der Waals surface area contributed by atoms with Crippen molar-refractivity contribution < 1.29 is 0 Å². The van der Waals surface area contributed by atoms with Crippen LogP contribution in [0.15, 0.2) is 59.6 Å². The molecule has 2 aliphatic rings. The first-order chi connectivity index (χ1) is 15.1. The van der Waals surface area contributed by atoms with E-state index in [4.69, 9.17) is 10.3 Å². The lowest BCUT2D eigenvalue weighted by Gasteiger charge is -2.26. The fourth-order valence-electron chi connectivity index (χ4n) is 4.82. The number of aliphatic imine (C=N–C) groups is 1. The molecule has 1 fully saturated rings. The molecule has 0 bridgehead atoms. The van der Waals surface area contributed by atoms with Gasteiger partial charge in [-0.25, -0.2) is 0 Å². The Labute approximate surface area is 186 Å². The molecular formula is C28H33N3. The Balaban J connectivity index is 1.58. The van der Waals surface area contributed by atoms with Gasteiger partial charge in [-0.05, 0) is 72.9 Å². The van der Waals surface area contributed by atoms with E-state index < -0.39 is 0 Å². The Bertz CT molecular complexity index is 968. The zero-order chi connectivity index (χ0) is 21.6. The van der Waals surface area contributed by atoms with E-state index in [0.29, 0.717) is 5.56 Å². The van der Waals surface area contributed by atoms with Crippen LogP contribution in [0, 0.1) is 30.1 Å². The average molecular weight is 412 g/mol. The zero-order valence-corrected chi connectivity index (χ0v) is 18.8. The maximum atomic E-state index is 9.17. The average Bonchev–Trinajstić information content (AvgIpc) is 3.02. The van der Waals surface area contributed by atoms with Crippen molar-refractivity contribution >= 4 is 11.4 Å². The summed E-state index contributed by atoms with van der Waals surface area (Å²) >= 11 is 0. The van der Waals surface area contributed by atoms with Gasteiger partial charge in [-0.1, -0.05) is 61.7 Å². The van der Waals surface area contributed by atoms with Gasteiger partial charge in [0.2, 0.25) is 0 Å². The van der Waals surface area contributed by atoms with Crippen molar-refractivity contribution in [2.75, 3.05) is 13.1 Å². The molecular weight excluding hydrogens is 378 g/mol. The topological polar surface area (TPSA) is 48.2 Å². The van der Waals surface area contributed by atoms with Gasteiger partial charge >= 0.3 is 0 Å². The second kappa shape index (κ2) is 9.96. The van der Waals surface area contributed by atoms with Gasteiger partial charge in [0.15, 0.2) is 0 Å². The number of hydrogen-bond donors (Lipinski definition) is 1. The van der Waals surface area contributed by atoms with Gasteiger partial charge in [0.05, 0.1) is 11.6 Å². The maximum absolute atomic E-state index is 9.17. The summed E-state index contributed by atoms with van der Waals surface area (Å²) in [5, 5.41) is 12.8. The van der Waals surface area contributed by atoms with Crippen LogP contribution in [0.4, 0.5) is 0 Å². The molecule has 1 N–H and O–H groups in total. The van der Waals surface area contributed by atoms with Crippen molar-refractivity contribution in [1.29, 1.82) is 5.26 Å². The minimum absolute atomic E-state index is 0.272. The zero-order valence-electron chi connectivity index (χ0n) is 18.8. The summed E-state index contributed by atoms with van der Waals surface area (Å²) in [6, 6.07) is 19.1. The van der Waals surface area contributed by atoms with Crippen LogP contribution in [-0.4, -0.2) is 18.9 Å². The lowest BCUT2D eigenvalue weighted by molar-refractivity contribution is 0.290. The Morgan fingerprint density at radius 2 is 1.68 bits per heavy atom. The molecule has 1 unspecified atom stereocenters. The lowest BCUT2D eigenvalue weighted by atomic mass is 9.83. The molecule has 160 valence electrons. The summed E-state index contributed by atoms with van der Waals surface area (Å²) in [6.07, 6.45) is 8.59. The van der Waals surface area contributed by atoms with E-state index in [1.807, 2.05) is 12.1 Å². The van der Waals surface area contributed by atoms with Gasteiger partial charge < -0.3 is 5.32 Å². The van der Waals surface area contributed by atoms with E-state index in [1.165, 1.54) is 47.9 Å². The van der Waals surface area contributed by atoms with E-state index in [2.05, 4.69) is 67.7 Å². The third-order valence-electron chi connectivity index (χ3n) is 6.90. The molecule has 3 nitrogen and oxygen atoms in total. The summed E-state index contributed by atoms with van der Waals surface area (Å²) in [4.78, 5) is 4.90. The van der Waals surface area contributed by atoms with Crippen LogP contribution < -0.4 is 5.32 Å². The van der Waals surface area contributed by atoms with Gasteiger partial charge in [-0.15, -0.1) is 0 Å². The van der Waals surface area contributed by atoms with E-state index in [0.717, 1.165) is 37.2 Å². The van der Waals surface area contributed by atoms with Crippen molar-refractivity contribution in [3.8, 4) is 6.07 Å². The van der Waals surface area contributed by atoms with Crippen molar-refractivity contribution in [3.63, 3.8) is 0 Å². The molecule has 0 spiro atoms. The highest BCUT2D eigenvalue weighted by Gasteiger charge is 2.22. The van der Waals surface area contributed by atoms with E-state index in [9.17, 15) is 0 Å². The van der Waals surface area contributed by atoms with E-state index >= 15 is 0 Å². The van der Waals surface area contributed by atoms with Crippen LogP contribution in [0.5, 0.6) is 0 Å². The SMILES string of the molecule is Cc1ccc(C2=CC(NCC3CCC(C)CC3)=NCCC2c2ccc(C#N)cc2)cc1. The van der Waals surface area contributed by atoms with Crippen LogP contribution in [0.3, 0.4) is 0 Å². The molecule has 1 heterocycles. The standard InChI is InChI=1S/C28H33N3/c1-20-3-7-23(8-4-20)19-31-28-17-27(25-11-5-21(2)6-12-25)26(15-16-30-28)24-13-9-22(18-29)10-14-24/h5-6,9-14,17,20,23,26H,3-4,7-8,15-16,19H2,1-2H3,(H,30,31). The number of nitriles is 1. The molecule has 31 heavy (non-hydrogen) atoms. The molecule has 1 atom stereocenters. The Morgan fingerprint density at radius 1 is 0.968 bits per heavy atom. The number of benzene rings is 2. The normalized spacial score (nSPS) is 23.8. The molecule has 0 radical (unpaired) electrons. The van der Waals surface area contributed by atoms with E-state index in [1.54, 1.807) is 0 Å². The summed E-state index contributed by atoms with van der Waals surface area (Å²) in [5.41, 5.74) is 5.79. The van der Waals surface area contributed by atoms with Crippen LogP contribution in [-0.2, 0) is 0 Å². The Kier molecular flexibility index (Phi) is 6.87. The first-order valence-electron chi connectivity index (χ1n) is 11.7. The fraction of sp³-hybridized carbons (Fsp3) is 0.429. The fourth-order valence-corrected chi connectivity index (χ4v) is 4.82. The third-order valence-corrected chi connectivity index (χ3v) is 6.90. The molecule has 3 heteroatoms. The van der Waals surface area contributed by atoms with Gasteiger partial charge in [0, 0.05) is 19.0 Å². The predicted molar refractivity (Wildman–Crippen MR) is 129 cm³/mol. The lowest BCUT2D eigenvalue weighted by Crippen LogP contribution is -2.30. The smallest absolute Gasteiger partial charge is 0.121 e. The van der Waals surface area contributed by atoms with Gasteiger partial charge in [0.1, 0.15) is 5.84 Å². The Morgan fingerprint density at radius 3 is 2.35 bits per heavy atom. The van der Waals surface area contributed by atoms with Gasteiger partial charge in [0.25, 0.3) is 0 Å². The number of rotatable bonds is 4. The highest BCUT2D eigenvalue weighted by Crippen LogP contribution is 2.36. The number of nitrogens with zero attached hydrogens (tertiary/aromatic N) is 2. The molecule has 0 aromatic heterocycles. The van der Waals surface area contributed by atoms with Crippen molar-refractivity contribution in [2.24, 2.45) is 16.8 Å². The van der Waals surface area contributed by atoms with Crippen LogP contribution >= 0.6 is 0 Å². The molecule has 0 saturated heterocycles. The summed E-state index contributed by atoms with van der Waals surface area (Å²) in [7, 11) is 0. The van der Waals surface area contributed by atoms with Crippen molar-refractivity contribution in [1.82, 2.24) is 5.32 Å². The molecule has 1 saturated carbocycles. The predicted octanol–water partition coefficient (Wildman–Crippen LogP) is 6.25. The minimum Gasteiger partial charge on any atom is -0.370 e. The monoisotopic (exact) mass is 411 g/mol. The summed E-state index contributed by atoms with van der Waals surface area (Å²) in [5.74, 6) is 2.93. The number of aryl methyl sites for hydroxylation is 1. The number of nitrogens with one attached hydrogen (secondary N) is 1. The van der Waals surface area contributed by atoms with Crippen LogP contribution in [0.2, 0.25) is 0 Å². The van der Waals surface area contributed by atoms with E-state index in [-0.39, 0.29) is 5.92 Å². The largest absolute Gasteiger partial charge is 0.370 e.